The molecule has 0 aliphatic carbocycles. The van der Waals surface area contributed by atoms with E-state index in [9.17, 15) is 0 Å². The molecule has 0 N–H and O–H groups in total. The first-order valence-electron chi connectivity index (χ1n) is 7.87. The number of ether oxygens (including phenoxy) is 3. The third-order valence-corrected chi connectivity index (χ3v) is 4.14. The van der Waals surface area contributed by atoms with Crippen molar-refractivity contribution >= 4 is 0 Å². The van der Waals surface area contributed by atoms with Gasteiger partial charge in [0.05, 0.1) is 7.11 Å². The van der Waals surface area contributed by atoms with Crippen LogP contribution < -0.4 is 14.2 Å². The summed E-state index contributed by atoms with van der Waals surface area (Å²) in [5, 5.41) is 0. The van der Waals surface area contributed by atoms with Gasteiger partial charge >= 0.3 is 0 Å². The molecular formula is C19H23NO3. The predicted molar refractivity (Wildman–Crippen MR) is 90.3 cm³/mol. The van der Waals surface area contributed by atoms with Crippen LogP contribution in [0.1, 0.15) is 24.0 Å². The average molecular weight is 313 g/mol. The molecule has 2 aromatic rings. The zero-order chi connectivity index (χ0) is 16.2. The topological polar surface area (TPSA) is 30.9 Å². The van der Waals surface area contributed by atoms with E-state index in [1.165, 1.54) is 5.56 Å². The maximum Gasteiger partial charge on any atom is 0.231 e. The number of hydrogen-bond acceptors (Lipinski definition) is 4. The Morgan fingerprint density at radius 2 is 1.83 bits per heavy atom. The van der Waals surface area contributed by atoms with Crippen molar-refractivity contribution in [2.45, 2.75) is 19.4 Å². The first-order valence-corrected chi connectivity index (χ1v) is 7.87. The molecule has 0 saturated carbocycles. The fourth-order valence-corrected chi connectivity index (χ4v) is 3.03. The third kappa shape index (κ3) is 3.59. The van der Waals surface area contributed by atoms with Crippen LogP contribution in [-0.2, 0) is 6.54 Å². The maximum atomic E-state index is 5.54. The molecule has 4 nitrogen and oxygen atoms in total. The van der Waals surface area contributed by atoms with E-state index in [1.807, 2.05) is 18.2 Å². The van der Waals surface area contributed by atoms with Crippen molar-refractivity contribution in [2.75, 3.05) is 27.5 Å². The molecule has 1 atom stereocenters. The molecule has 0 fully saturated rings. The molecule has 0 aromatic heterocycles. The number of hydrogen-bond donors (Lipinski definition) is 0. The summed E-state index contributed by atoms with van der Waals surface area (Å²) in [7, 11) is 3.84. The van der Waals surface area contributed by atoms with Gasteiger partial charge in [0.25, 0.3) is 0 Å². The van der Waals surface area contributed by atoms with Crippen LogP contribution in [-0.4, -0.2) is 32.4 Å². The van der Waals surface area contributed by atoms with Gasteiger partial charge in [-0.2, -0.15) is 0 Å². The number of likely N-dealkylation sites (N-methyl/N-ethyl adjacent to an activating group) is 1. The lowest BCUT2D eigenvalue weighted by molar-refractivity contribution is 0.174. The Morgan fingerprint density at radius 3 is 2.52 bits per heavy atom. The molecule has 122 valence electrons. The molecule has 1 aliphatic heterocycles. The van der Waals surface area contributed by atoms with Crippen LogP contribution in [0, 0.1) is 0 Å². The highest BCUT2D eigenvalue weighted by molar-refractivity contribution is 5.53. The van der Waals surface area contributed by atoms with Gasteiger partial charge in [0.2, 0.25) is 6.79 Å². The minimum Gasteiger partial charge on any atom is -0.496 e. The third-order valence-electron chi connectivity index (χ3n) is 4.14. The molecule has 0 amide bonds. The van der Waals surface area contributed by atoms with Crippen molar-refractivity contribution in [1.82, 2.24) is 4.90 Å². The molecule has 1 unspecified atom stereocenters. The van der Waals surface area contributed by atoms with Gasteiger partial charge in [-0.1, -0.05) is 37.3 Å². The summed E-state index contributed by atoms with van der Waals surface area (Å²) in [6.45, 7) is 4.36. The van der Waals surface area contributed by atoms with E-state index in [0.29, 0.717) is 5.92 Å². The molecule has 3 rings (SSSR count). The Bertz CT molecular complexity index is 657. The highest BCUT2D eigenvalue weighted by Crippen LogP contribution is 2.40. The van der Waals surface area contributed by atoms with Gasteiger partial charge in [0.15, 0.2) is 11.5 Å². The van der Waals surface area contributed by atoms with E-state index < -0.39 is 0 Å². The lowest BCUT2D eigenvalue weighted by Gasteiger charge is -2.23. The average Bonchev–Trinajstić information content (AvgIpc) is 3.01. The van der Waals surface area contributed by atoms with E-state index in [2.05, 4.69) is 43.1 Å². The number of benzene rings is 2. The van der Waals surface area contributed by atoms with Gasteiger partial charge in [-0.05, 0) is 24.6 Å². The second-order valence-electron chi connectivity index (χ2n) is 6.03. The highest BCUT2D eigenvalue weighted by atomic mass is 16.7. The van der Waals surface area contributed by atoms with Crippen LogP contribution in [0.15, 0.2) is 42.5 Å². The van der Waals surface area contributed by atoms with Crippen molar-refractivity contribution in [3.63, 3.8) is 0 Å². The highest BCUT2D eigenvalue weighted by Gasteiger charge is 2.21. The Labute approximate surface area is 137 Å². The van der Waals surface area contributed by atoms with Gasteiger partial charge in [0.1, 0.15) is 5.75 Å². The molecule has 2 aromatic carbocycles. The van der Waals surface area contributed by atoms with Crippen LogP contribution >= 0.6 is 0 Å². The second kappa shape index (κ2) is 6.92. The summed E-state index contributed by atoms with van der Waals surface area (Å²) in [5.41, 5.74) is 2.47. The molecule has 23 heavy (non-hydrogen) atoms. The van der Waals surface area contributed by atoms with Gasteiger partial charge in [-0.3, -0.25) is 0 Å². The number of nitrogens with zero attached hydrogens (tertiary/aromatic N) is 1. The van der Waals surface area contributed by atoms with Gasteiger partial charge in [0, 0.05) is 24.7 Å². The number of rotatable bonds is 6. The molecule has 4 heteroatoms. The van der Waals surface area contributed by atoms with E-state index in [1.54, 1.807) is 7.11 Å². The van der Waals surface area contributed by atoms with Crippen LogP contribution in [0.3, 0.4) is 0 Å². The molecule has 0 bridgehead atoms. The van der Waals surface area contributed by atoms with Crippen molar-refractivity contribution in [1.29, 1.82) is 0 Å². The van der Waals surface area contributed by atoms with Gasteiger partial charge < -0.3 is 19.1 Å². The normalized spacial score (nSPS) is 14.1. The Hall–Kier alpha value is -2.20. The minimum atomic E-state index is 0.282. The minimum absolute atomic E-state index is 0.282. The van der Waals surface area contributed by atoms with Crippen molar-refractivity contribution < 1.29 is 14.2 Å². The van der Waals surface area contributed by atoms with Crippen molar-refractivity contribution in [2.24, 2.45) is 0 Å². The Morgan fingerprint density at radius 1 is 1.13 bits per heavy atom. The molecule has 1 heterocycles. The second-order valence-corrected chi connectivity index (χ2v) is 6.03. The first kappa shape index (κ1) is 15.7. The van der Waals surface area contributed by atoms with E-state index in [0.717, 1.165) is 35.9 Å². The fourth-order valence-electron chi connectivity index (χ4n) is 3.03. The number of fused-ring (bicyclic) bond motifs is 1. The van der Waals surface area contributed by atoms with Crippen molar-refractivity contribution in [3.8, 4) is 17.2 Å². The summed E-state index contributed by atoms with van der Waals surface area (Å²) >= 11 is 0. The first-order chi connectivity index (χ1) is 11.2. The Kier molecular flexibility index (Phi) is 4.72. The monoisotopic (exact) mass is 313 g/mol. The zero-order valence-corrected chi connectivity index (χ0v) is 13.9. The largest absolute Gasteiger partial charge is 0.496 e. The molecule has 1 aliphatic rings. The number of methoxy groups -OCH3 is 1. The Balaban J connectivity index is 1.71. The smallest absolute Gasteiger partial charge is 0.231 e. The maximum absolute atomic E-state index is 5.54. The van der Waals surface area contributed by atoms with Crippen LogP contribution in [0.25, 0.3) is 0 Å². The van der Waals surface area contributed by atoms with E-state index in [4.69, 9.17) is 14.2 Å². The lowest BCUT2D eigenvalue weighted by Crippen LogP contribution is -2.23. The molecule has 0 spiro atoms. The molecule has 0 saturated heterocycles. The summed E-state index contributed by atoms with van der Waals surface area (Å²) in [6, 6.07) is 14.5. The van der Waals surface area contributed by atoms with E-state index in [-0.39, 0.29) is 6.79 Å². The lowest BCUT2D eigenvalue weighted by atomic mass is 9.98. The van der Waals surface area contributed by atoms with E-state index >= 15 is 0 Å². The van der Waals surface area contributed by atoms with Crippen molar-refractivity contribution in [3.05, 3.63) is 53.6 Å². The van der Waals surface area contributed by atoms with Crippen LogP contribution in [0.4, 0.5) is 0 Å². The summed E-state index contributed by atoms with van der Waals surface area (Å²) in [4.78, 5) is 2.32. The summed E-state index contributed by atoms with van der Waals surface area (Å²) in [5.74, 6) is 2.75. The molecule has 0 radical (unpaired) electrons. The van der Waals surface area contributed by atoms with Gasteiger partial charge in [-0.25, -0.2) is 0 Å². The molecular weight excluding hydrogens is 290 g/mol. The quantitative estimate of drug-likeness (QED) is 0.814. The summed E-state index contributed by atoms with van der Waals surface area (Å²) < 4.78 is 16.5. The predicted octanol–water partition coefficient (Wildman–Crippen LogP) is 3.66. The fraction of sp³-hybridized carbons (Fsp3) is 0.368. The van der Waals surface area contributed by atoms with Crippen LogP contribution in [0.2, 0.25) is 0 Å². The standard InChI is InChI=1S/C19H23NO3/c1-14(11-20(2)12-15-7-5-4-6-8-15)16-9-18-19(23-13-22-18)10-17(16)21-3/h4-10,14H,11-13H2,1-3H3. The van der Waals surface area contributed by atoms with Gasteiger partial charge in [-0.15, -0.1) is 0 Å². The summed E-state index contributed by atoms with van der Waals surface area (Å²) in [6.07, 6.45) is 0. The SMILES string of the molecule is COc1cc2c(cc1C(C)CN(C)Cc1ccccc1)OCO2. The zero-order valence-electron chi connectivity index (χ0n) is 13.9. The van der Waals surface area contributed by atoms with Crippen LogP contribution in [0.5, 0.6) is 17.2 Å².